The average molecular weight is 352 g/mol. The van der Waals surface area contributed by atoms with Crippen molar-refractivity contribution < 1.29 is 4.79 Å². The first kappa shape index (κ1) is 21.0. The van der Waals surface area contributed by atoms with Crippen LogP contribution in [0, 0.1) is 10.8 Å². The van der Waals surface area contributed by atoms with E-state index >= 15 is 0 Å². The van der Waals surface area contributed by atoms with E-state index in [1.54, 1.807) is 0 Å². The summed E-state index contributed by atoms with van der Waals surface area (Å²) in [7, 11) is 0. The van der Waals surface area contributed by atoms with Crippen LogP contribution in [0.3, 0.4) is 0 Å². The Balaban J connectivity index is 3.39. The zero-order valence-corrected chi connectivity index (χ0v) is 17.2. The van der Waals surface area contributed by atoms with Gasteiger partial charge in [0, 0.05) is 22.2 Å². The highest BCUT2D eigenvalue weighted by molar-refractivity contribution is 6.30. The van der Waals surface area contributed by atoms with Gasteiger partial charge in [0.1, 0.15) is 0 Å². The van der Waals surface area contributed by atoms with Gasteiger partial charge in [-0.3, -0.25) is 4.79 Å². The van der Waals surface area contributed by atoms with Crippen molar-refractivity contribution in [1.82, 2.24) is 0 Å². The second-order valence-corrected chi connectivity index (χ2v) is 8.70. The third-order valence-corrected chi connectivity index (χ3v) is 5.56. The Labute approximate surface area is 153 Å². The lowest BCUT2D eigenvalue weighted by atomic mass is 9.68. The summed E-state index contributed by atoms with van der Waals surface area (Å²) in [5.74, 6) is 0.184. The van der Waals surface area contributed by atoms with Crippen molar-refractivity contribution in [2.24, 2.45) is 10.8 Å². The number of carbonyl (C=O) groups excluding carboxylic acids is 1. The minimum absolute atomic E-state index is 0.121. The van der Waals surface area contributed by atoms with Gasteiger partial charge in [-0.15, -0.1) is 0 Å². The van der Waals surface area contributed by atoms with E-state index in [2.05, 4.69) is 48.5 Å². The number of nitrogens with zero attached hydrogens (tertiary/aromatic N) is 1. The quantitative estimate of drug-likeness (QED) is 0.534. The molecule has 0 saturated heterocycles. The number of benzene rings is 1. The van der Waals surface area contributed by atoms with Crippen LogP contribution in [0.15, 0.2) is 24.3 Å². The monoisotopic (exact) mass is 351 g/mol. The molecule has 1 amide bonds. The fourth-order valence-electron chi connectivity index (χ4n) is 2.81. The summed E-state index contributed by atoms with van der Waals surface area (Å²) in [5.41, 5.74) is 0.329. The molecule has 136 valence electrons. The first-order chi connectivity index (χ1) is 11.1. The lowest BCUT2D eigenvalue weighted by Gasteiger charge is -2.43. The van der Waals surface area contributed by atoms with Crippen LogP contribution < -0.4 is 4.90 Å². The SMILES string of the molecule is CCCC(CCC)N(C(=O)C(C)(C)C(C)(C)C)c1cccc(Cl)c1. The second-order valence-electron chi connectivity index (χ2n) is 8.26. The molecule has 2 nitrogen and oxygen atoms in total. The van der Waals surface area contributed by atoms with Crippen molar-refractivity contribution in [3.8, 4) is 0 Å². The third-order valence-electron chi connectivity index (χ3n) is 5.32. The zero-order chi connectivity index (χ0) is 18.5. The molecule has 0 aliphatic rings. The van der Waals surface area contributed by atoms with Gasteiger partial charge in [0.05, 0.1) is 0 Å². The van der Waals surface area contributed by atoms with Crippen LogP contribution in [0.2, 0.25) is 5.02 Å². The van der Waals surface area contributed by atoms with Gasteiger partial charge in [0.25, 0.3) is 0 Å². The number of hydrogen-bond donors (Lipinski definition) is 0. The summed E-state index contributed by atoms with van der Waals surface area (Å²) in [6, 6.07) is 7.92. The van der Waals surface area contributed by atoms with Gasteiger partial charge in [0.15, 0.2) is 0 Å². The Hall–Kier alpha value is -1.02. The van der Waals surface area contributed by atoms with E-state index in [1.807, 2.05) is 29.2 Å². The van der Waals surface area contributed by atoms with Crippen LogP contribution in [0.1, 0.15) is 74.1 Å². The Bertz CT molecular complexity index is 539. The van der Waals surface area contributed by atoms with Crippen LogP contribution in [0.4, 0.5) is 5.69 Å². The van der Waals surface area contributed by atoms with Crippen LogP contribution >= 0.6 is 11.6 Å². The molecule has 1 aromatic carbocycles. The molecule has 24 heavy (non-hydrogen) atoms. The molecule has 0 spiro atoms. The van der Waals surface area contributed by atoms with Crippen LogP contribution in [0.5, 0.6) is 0 Å². The first-order valence-electron chi connectivity index (χ1n) is 9.15. The number of carbonyl (C=O) groups is 1. The van der Waals surface area contributed by atoms with E-state index in [-0.39, 0.29) is 17.4 Å². The molecule has 0 atom stereocenters. The molecule has 0 aliphatic heterocycles. The number of halogens is 1. The second kappa shape index (κ2) is 8.38. The van der Waals surface area contributed by atoms with Crippen molar-refractivity contribution in [3.63, 3.8) is 0 Å². The Morgan fingerprint density at radius 1 is 1.08 bits per heavy atom. The number of rotatable bonds is 7. The van der Waals surface area contributed by atoms with E-state index in [0.29, 0.717) is 5.02 Å². The van der Waals surface area contributed by atoms with Gasteiger partial charge in [0.2, 0.25) is 5.91 Å². The third kappa shape index (κ3) is 4.75. The molecule has 1 rings (SSSR count). The fourth-order valence-corrected chi connectivity index (χ4v) is 3.00. The van der Waals surface area contributed by atoms with Crippen LogP contribution in [-0.2, 0) is 4.79 Å². The molecular formula is C21H34ClNO. The highest BCUT2D eigenvalue weighted by Crippen LogP contribution is 2.41. The fraction of sp³-hybridized carbons (Fsp3) is 0.667. The van der Waals surface area contributed by atoms with E-state index < -0.39 is 5.41 Å². The zero-order valence-electron chi connectivity index (χ0n) is 16.4. The van der Waals surface area contributed by atoms with Gasteiger partial charge >= 0.3 is 0 Å². The molecule has 0 bridgehead atoms. The number of anilines is 1. The summed E-state index contributed by atoms with van der Waals surface area (Å²) in [6.07, 6.45) is 4.13. The normalized spacial score (nSPS) is 12.5. The maximum absolute atomic E-state index is 13.6. The van der Waals surface area contributed by atoms with E-state index in [9.17, 15) is 4.79 Å². The molecule has 0 unspecified atom stereocenters. The maximum Gasteiger partial charge on any atom is 0.233 e. The molecule has 0 N–H and O–H groups in total. The number of amides is 1. The molecule has 0 aromatic heterocycles. The van der Waals surface area contributed by atoms with Gasteiger partial charge in [-0.2, -0.15) is 0 Å². The minimum atomic E-state index is -0.463. The van der Waals surface area contributed by atoms with Crippen molar-refractivity contribution >= 4 is 23.2 Å². The topological polar surface area (TPSA) is 20.3 Å². The Kier molecular flexibility index (Phi) is 7.34. The predicted octanol–water partition coefficient (Wildman–Crippen LogP) is 6.71. The smallest absolute Gasteiger partial charge is 0.233 e. The highest BCUT2D eigenvalue weighted by Gasteiger charge is 2.44. The summed E-state index contributed by atoms with van der Waals surface area (Å²) in [6.45, 7) is 14.9. The molecular weight excluding hydrogens is 318 g/mol. The Morgan fingerprint density at radius 3 is 2.04 bits per heavy atom. The van der Waals surface area contributed by atoms with Gasteiger partial charge in [-0.05, 0) is 36.5 Å². The van der Waals surface area contributed by atoms with Gasteiger partial charge in [-0.25, -0.2) is 0 Å². The standard InChI is InChI=1S/C21H34ClNO/c1-8-11-17(12-9-2)23(18-14-10-13-16(22)15-18)19(24)21(6,7)20(3,4)5/h10,13-15,17H,8-9,11-12H2,1-7H3. The largest absolute Gasteiger partial charge is 0.309 e. The average Bonchev–Trinajstić information content (AvgIpc) is 2.46. The molecule has 0 saturated carbocycles. The van der Waals surface area contributed by atoms with Crippen molar-refractivity contribution in [1.29, 1.82) is 0 Å². The summed E-state index contributed by atoms with van der Waals surface area (Å²) in [5, 5.41) is 0.672. The first-order valence-corrected chi connectivity index (χ1v) is 9.53. The van der Waals surface area contributed by atoms with Crippen molar-refractivity contribution in [2.75, 3.05) is 4.90 Å². The Morgan fingerprint density at radius 2 is 1.62 bits per heavy atom. The molecule has 3 heteroatoms. The van der Waals surface area contributed by atoms with E-state index in [1.165, 1.54) is 0 Å². The molecule has 0 fully saturated rings. The summed E-state index contributed by atoms with van der Waals surface area (Å²) >= 11 is 6.22. The molecule has 0 aliphatic carbocycles. The predicted molar refractivity (Wildman–Crippen MR) is 106 cm³/mol. The van der Waals surface area contributed by atoms with Crippen molar-refractivity contribution in [2.45, 2.75) is 80.2 Å². The maximum atomic E-state index is 13.6. The van der Waals surface area contributed by atoms with E-state index in [0.717, 1.165) is 31.4 Å². The summed E-state index contributed by atoms with van der Waals surface area (Å²) < 4.78 is 0. The lowest BCUT2D eigenvalue weighted by Crippen LogP contribution is -2.51. The lowest BCUT2D eigenvalue weighted by molar-refractivity contribution is -0.132. The highest BCUT2D eigenvalue weighted by atomic mass is 35.5. The van der Waals surface area contributed by atoms with Crippen LogP contribution in [-0.4, -0.2) is 11.9 Å². The van der Waals surface area contributed by atoms with E-state index in [4.69, 9.17) is 11.6 Å². The molecule has 0 radical (unpaired) electrons. The van der Waals surface area contributed by atoms with Crippen LogP contribution in [0.25, 0.3) is 0 Å². The number of hydrogen-bond acceptors (Lipinski definition) is 1. The van der Waals surface area contributed by atoms with Crippen molar-refractivity contribution in [3.05, 3.63) is 29.3 Å². The molecule has 0 heterocycles. The minimum Gasteiger partial charge on any atom is -0.309 e. The summed E-state index contributed by atoms with van der Waals surface area (Å²) in [4.78, 5) is 15.6. The van der Waals surface area contributed by atoms with Gasteiger partial charge in [-0.1, -0.05) is 79.0 Å². The van der Waals surface area contributed by atoms with Gasteiger partial charge < -0.3 is 4.90 Å². The molecule has 1 aromatic rings.